The summed E-state index contributed by atoms with van der Waals surface area (Å²) in [4.78, 5) is 16.2. The number of nitrogens with two attached hydrogens (primary N) is 1. The van der Waals surface area contributed by atoms with Gasteiger partial charge in [-0.15, -0.1) is 0 Å². The molecule has 0 saturated heterocycles. The summed E-state index contributed by atoms with van der Waals surface area (Å²) in [6.07, 6.45) is 1.38. The van der Waals surface area contributed by atoms with Gasteiger partial charge in [-0.05, 0) is 29.8 Å². The van der Waals surface area contributed by atoms with Crippen LogP contribution in [-0.4, -0.2) is 10.9 Å². The van der Waals surface area contributed by atoms with Gasteiger partial charge in [0, 0.05) is 23.9 Å². The molecule has 3 rings (SSSR count). The van der Waals surface area contributed by atoms with Gasteiger partial charge in [-0.3, -0.25) is 4.79 Å². The predicted molar refractivity (Wildman–Crippen MR) is 76.3 cm³/mol. The Morgan fingerprint density at radius 1 is 1.25 bits per heavy atom. The summed E-state index contributed by atoms with van der Waals surface area (Å²) in [5, 5.41) is 2.82. The van der Waals surface area contributed by atoms with Crippen LogP contribution in [0.4, 0.5) is 5.69 Å². The van der Waals surface area contributed by atoms with Crippen molar-refractivity contribution in [3.8, 4) is 0 Å². The van der Waals surface area contributed by atoms with E-state index in [4.69, 9.17) is 10.2 Å². The van der Waals surface area contributed by atoms with Crippen molar-refractivity contribution in [2.45, 2.75) is 6.54 Å². The molecular formula is C15H13N3O2. The molecule has 5 heteroatoms. The largest absolute Gasteiger partial charge is 0.443 e. The van der Waals surface area contributed by atoms with E-state index in [0.29, 0.717) is 23.4 Å². The van der Waals surface area contributed by atoms with Gasteiger partial charge in [-0.25, -0.2) is 4.98 Å². The van der Waals surface area contributed by atoms with Gasteiger partial charge in [0.1, 0.15) is 5.52 Å². The molecule has 3 N–H and O–H groups in total. The second-order valence-electron chi connectivity index (χ2n) is 4.39. The Balaban J connectivity index is 1.83. The SMILES string of the molecule is NCc1cccc(C(=O)Nc2ccc3ncoc3c2)c1. The Morgan fingerprint density at radius 3 is 3.00 bits per heavy atom. The molecule has 1 amide bonds. The Kier molecular flexibility index (Phi) is 3.18. The fourth-order valence-electron chi connectivity index (χ4n) is 1.98. The summed E-state index contributed by atoms with van der Waals surface area (Å²) in [5.74, 6) is -0.181. The van der Waals surface area contributed by atoms with E-state index in [2.05, 4.69) is 10.3 Å². The Hall–Kier alpha value is -2.66. The highest BCUT2D eigenvalue weighted by Gasteiger charge is 2.08. The number of nitrogens with one attached hydrogen (secondary N) is 1. The zero-order valence-electron chi connectivity index (χ0n) is 10.7. The van der Waals surface area contributed by atoms with Crippen LogP contribution in [0.5, 0.6) is 0 Å². The Labute approximate surface area is 115 Å². The highest BCUT2D eigenvalue weighted by molar-refractivity contribution is 6.04. The van der Waals surface area contributed by atoms with Crippen LogP contribution in [0.2, 0.25) is 0 Å². The van der Waals surface area contributed by atoms with E-state index >= 15 is 0 Å². The molecule has 0 saturated carbocycles. The topological polar surface area (TPSA) is 81.2 Å². The standard InChI is InChI=1S/C15H13N3O2/c16-8-10-2-1-3-11(6-10)15(19)18-12-4-5-13-14(7-12)20-9-17-13/h1-7,9H,8,16H2,(H,18,19). The van der Waals surface area contributed by atoms with Crippen molar-refractivity contribution in [1.29, 1.82) is 0 Å². The van der Waals surface area contributed by atoms with Crippen molar-refractivity contribution in [3.05, 3.63) is 60.0 Å². The van der Waals surface area contributed by atoms with Gasteiger partial charge in [-0.2, -0.15) is 0 Å². The highest BCUT2D eigenvalue weighted by Crippen LogP contribution is 2.18. The van der Waals surface area contributed by atoms with Crippen molar-refractivity contribution in [2.24, 2.45) is 5.73 Å². The molecular weight excluding hydrogens is 254 g/mol. The van der Waals surface area contributed by atoms with Crippen molar-refractivity contribution < 1.29 is 9.21 Å². The molecule has 0 bridgehead atoms. The number of rotatable bonds is 3. The minimum absolute atomic E-state index is 0.181. The molecule has 5 nitrogen and oxygen atoms in total. The van der Waals surface area contributed by atoms with Crippen LogP contribution in [0.25, 0.3) is 11.1 Å². The average Bonchev–Trinajstić information content (AvgIpc) is 2.95. The molecule has 20 heavy (non-hydrogen) atoms. The Bertz CT molecular complexity index is 764. The van der Waals surface area contributed by atoms with E-state index in [-0.39, 0.29) is 5.91 Å². The third kappa shape index (κ3) is 2.39. The lowest BCUT2D eigenvalue weighted by atomic mass is 10.1. The lowest BCUT2D eigenvalue weighted by Gasteiger charge is -2.06. The number of hydrogen-bond acceptors (Lipinski definition) is 4. The first-order valence-corrected chi connectivity index (χ1v) is 6.20. The first-order chi connectivity index (χ1) is 9.76. The van der Waals surface area contributed by atoms with Gasteiger partial charge in [0.25, 0.3) is 5.91 Å². The van der Waals surface area contributed by atoms with E-state index in [1.807, 2.05) is 12.1 Å². The van der Waals surface area contributed by atoms with Crippen LogP contribution in [-0.2, 0) is 6.54 Å². The fourth-order valence-corrected chi connectivity index (χ4v) is 1.98. The van der Waals surface area contributed by atoms with Crippen molar-refractivity contribution in [3.63, 3.8) is 0 Å². The van der Waals surface area contributed by atoms with E-state index in [1.54, 1.807) is 30.3 Å². The maximum Gasteiger partial charge on any atom is 0.255 e. The number of aromatic nitrogens is 1. The summed E-state index contributed by atoms with van der Waals surface area (Å²) in [6.45, 7) is 0.408. The van der Waals surface area contributed by atoms with E-state index < -0.39 is 0 Å². The van der Waals surface area contributed by atoms with E-state index in [0.717, 1.165) is 11.1 Å². The number of oxazole rings is 1. The molecule has 0 fully saturated rings. The summed E-state index contributed by atoms with van der Waals surface area (Å²) < 4.78 is 5.20. The summed E-state index contributed by atoms with van der Waals surface area (Å²) in [7, 11) is 0. The van der Waals surface area contributed by atoms with Crippen molar-refractivity contribution in [2.75, 3.05) is 5.32 Å². The number of benzene rings is 2. The van der Waals surface area contributed by atoms with Gasteiger partial charge in [0.2, 0.25) is 0 Å². The highest BCUT2D eigenvalue weighted by atomic mass is 16.3. The van der Waals surface area contributed by atoms with Crippen LogP contribution in [0, 0.1) is 0 Å². The molecule has 100 valence electrons. The molecule has 0 radical (unpaired) electrons. The molecule has 0 atom stereocenters. The molecule has 0 aliphatic heterocycles. The maximum absolute atomic E-state index is 12.2. The lowest BCUT2D eigenvalue weighted by molar-refractivity contribution is 0.102. The van der Waals surface area contributed by atoms with Crippen LogP contribution >= 0.6 is 0 Å². The van der Waals surface area contributed by atoms with Gasteiger partial charge in [-0.1, -0.05) is 12.1 Å². The minimum atomic E-state index is -0.181. The van der Waals surface area contributed by atoms with Crippen LogP contribution in [0.3, 0.4) is 0 Å². The predicted octanol–water partition coefficient (Wildman–Crippen LogP) is 2.54. The third-order valence-electron chi connectivity index (χ3n) is 3.01. The number of nitrogens with zero attached hydrogens (tertiary/aromatic N) is 1. The number of hydrogen-bond donors (Lipinski definition) is 2. The summed E-state index contributed by atoms with van der Waals surface area (Å²) in [6, 6.07) is 12.6. The first kappa shape index (κ1) is 12.4. The lowest BCUT2D eigenvalue weighted by Crippen LogP contribution is -2.12. The van der Waals surface area contributed by atoms with Gasteiger partial charge < -0.3 is 15.5 Å². The van der Waals surface area contributed by atoms with E-state index in [1.165, 1.54) is 6.39 Å². The first-order valence-electron chi connectivity index (χ1n) is 6.20. The van der Waals surface area contributed by atoms with Crippen molar-refractivity contribution >= 4 is 22.7 Å². The van der Waals surface area contributed by atoms with Crippen LogP contribution < -0.4 is 11.1 Å². The normalized spacial score (nSPS) is 10.7. The molecule has 0 aliphatic rings. The third-order valence-corrected chi connectivity index (χ3v) is 3.01. The number of amides is 1. The second kappa shape index (κ2) is 5.14. The second-order valence-corrected chi connectivity index (χ2v) is 4.39. The number of anilines is 1. The summed E-state index contributed by atoms with van der Waals surface area (Å²) in [5.41, 5.74) is 9.12. The van der Waals surface area contributed by atoms with Gasteiger partial charge in [0.05, 0.1) is 0 Å². The Morgan fingerprint density at radius 2 is 2.15 bits per heavy atom. The monoisotopic (exact) mass is 267 g/mol. The number of fused-ring (bicyclic) bond motifs is 1. The molecule has 2 aromatic carbocycles. The molecule has 0 spiro atoms. The van der Waals surface area contributed by atoms with Crippen molar-refractivity contribution in [1.82, 2.24) is 4.98 Å². The van der Waals surface area contributed by atoms with Crippen LogP contribution in [0.1, 0.15) is 15.9 Å². The quantitative estimate of drug-likeness (QED) is 0.764. The summed E-state index contributed by atoms with van der Waals surface area (Å²) >= 11 is 0. The molecule has 0 unspecified atom stereocenters. The fraction of sp³-hybridized carbons (Fsp3) is 0.0667. The van der Waals surface area contributed by atoms with Gasteiger partial charge in [0.15, 0.2) is 12.0 Å². The number of carbonyl (C=O) groups excluding carboxylic acids is 1. The maximum atomic E-state index is 12.2. The van der Waals surface area contributed by atoms with Gasteiger partial charge >= 0.3 is 0 Å². The van der Waals surface area contributed by atoms with E-state index in [9.17, 15) is 4.79 Å². The number of carbonyl (C=O) groups is 1. The molecule has 1 aromatic heterocycles. The zero-order chi connectivity index (χ0) is 13.9. The average molecular weight is 267 g/mol. The zero-order valence-corrected chi connectivity index (χ0v) is 10.7. The molecule has 3 aromatic rings. The molecule has 1 heterocycles. The smallest absolute Gasteiger partial charge is 0.255 e. The van der Waals surface area contributed by atoms with Crippen LogP contribution in [0.15, 0.2) is 53.3 Å². The molecule has 0 aliphatic carbocycles. The minimum Gasteiger partial charge on any atom is -0.443 e.